The van der Waals surface area contributed by atoms with Gasteiger partial charge >= 0.3 is 0 Å². The molecule has 0 amide bonds. The van der Waals surface area contributed by atoms with E-state index in [0.29, 0.717) is 0 Å². The molecule has 0 nitrogen and oxygen atoms in total. The molecule has 0 bridgehead atoms. The number of hydrogen-bond acceptors (Lipinski definition) is 0. The molecule has 2 aromatic carbocycles. The van der Waals surface area contributed by atoms with Crippen molar-refractivity contribution in [3.8, 4) is 23.5 Å². The van der Waals surface area contributed by atoms with Crippen molar-refractivity contribution in [1.82, 2.24) is 0 Å². The van der Waals surface area contributed by atoms with Gasteiger partial charge in [-0.15, -0.1) is 6.42 Å². The van der Waals surface area contributed by atoms with Crippen LogP contribution in [-0.4, -0.2) is 0 Å². The average molecular weight is 196 g/mol. The van der Waals surface area contributed by atoms with Gasteiger partial charge in [0.1, 0.15) is 5.82 Å². The summed E-state index contributed by atoms with van der Waals surface area (Å²) in [5, 5.41) is 0. The second kappa shape index (κ2) is 3.98. The van der Waals surface area contributed by atoms with Gasteiger partial charge in [0.2, 0.25) is 0 Å². The molecular weight excluding hydrogens is 187 g/mol. The molecule has 0 aromatic heterocycles. The van der Waals surface area contributed by atoms with Gasteiger partial charge in [-0.2, -0.15) is 0 Å². The quantitative estimate of drug-likeness (QED) is 0.612. The Bertz CT molecular complexity index is 486. The minimum absolute atomic E-state index is 0.223. The number of benzene rings is 2. The van der Waals surface area contributed by atoms with E-state index in [0.717, 1.165) is 16.7 Å². The molecule has 0 aliphatic rings. The summed E-state index contributed by atoms with van der Waals surface area (Å²) >= 11 is 0. The molecule has 0 heterocycles. The number of hydrogen-bond donors (Lipinski definition) is 0. The van der Waals surface area contributed by atoms with Crippen LogP contribution in [0, 0.1) is 18.2 Å². The van der Waals surface area contributed by atoms with Crippen molar-refractivity contribution in [1.29, 1.82) is 0 Å². The lowest BCUT2D eigenvalue weighted by molar-refractivity contribution is 0.628. The summed E-state index contributed by atoms with van der Waals surface area (Å²) in [6.07, 6.45) is 5.26. The Kier molecular flexibility index (Phi) is 2.51. The van der Waals surface area contributed by atoms with Gasteiger partial charge in [-0.3, -0.25) is 0 Å². The summed E-state index contributed by atoms with van der Waals surface area (Å²) < 4.78 is 12.7. The van der Waals surface area contributed by atoms with E-state index >= 15 is 0 Å². The Balaban J connectivity index is 2.38. The van der Waals surface area contributed by atoms with Crippen molar-refractivity contribution in [2.24, 2.45) is 0 Å². The van der Waals surface area contributed by atoms with E-state index < -0.39 is 0 Å². The fraction of sp³-hybridized carbons (Fsp3) is 0. The van der Waals surface area contributed by atoms with Crippen molar-refractivity contribution >= 4 is 0 Å². The van der Waals surface area contributed by atoms with E-state index in [4.69, 9.17) is 6.42 Å². The molecule has 72 valence electrons. The minimum Gasteiger partial charge on any atom is -0.207 e. The van der Waals surface area contributed by atoms with Crippen molar-refractivity contribution in [2.45, 2.75) is 0 Å². The van der Waals surface area contributed by atoms with E-state index in [2.05, 4.69) is 5.92 Å². The van der Waals surface area contributed by atoms with Crippen LogP contribution in [0.3, 0.4) is 0 Å². The molecule has 1 heteroatoms. The van der Waals surface area contributed by atoms with Crippen LogP contribution in [0.1, 0.15) is 5.56 Å². The molecule has 0 atom stereocenters. The zero-order chi connectivity index (χ0) is 10.7. The Morgan fingerprint density at radius 1 is 0.800 bits per heavy atom. The maximum absolute atomic E-state index is 12.7. The van der Waals surface area contributed by atoms with Gasteiger partial charge in [0.15, 0.2) is 0 Å². The van der Waals surface area contributed by atoms with Gasteiger partial charge < -0.3 is 0 Å². The molecule has 15 heavy (non-hydrogen) atoms. The SMILES string of the molecule is C#Cc1ccc(-c2ccc(F)cc2)cc1. The standard InChI is InChI=1S/C14H9F/c1-2-11-3-5-12(6-4-11)13-7-9-14(15)10-8-13/h1,3-10H. The van der Waals surface area contributed by atoms with E-state index in [1.165, 1.54) is 12.1 Å². The third-order valence-corrected chi connectivity index (χ3v) is 2.23. The Morgan fingerprint density at radius 2 is 1.27 bits per heavy atom. The molecule has 2 aromatic rings. The van der Waals surface area contributed by atoms with Crippen LogP contribution in [0.2, 0.25) is 0 Å². The summed E-state index contributed by atoms with van der Waals surface area (Å²) in [4.78, 5) is 0. The smallest absolute Gasteiger partial charge is 0.123 e. The molecule has 0 spiro atoms. The molecule has 0 fully saturated rings. The average Bonchev–Trinajstić information content (AvgIpc) is 2.30. The Hall–Kier alpha value is -2.07. The van der Waals surface area contributed by atoms with Crippen LogP contribution in [0.15, 0.2) is 48.5 Å². The topological polar surface area (TPSA) is 0 Å². The fourth-order valence-corrected chi connectivity index (χ4v) is 1.40. The molecule has 0 saturated heterocycles. The van der Waals surface area contributed by atoms with Gasteiger partial charge in [0, 0.05) is 5.56 Å². The number of rotatable bonds is 1. The predicted molar refractivity (Wildman–Crippen MR) is 59.8 cm³/mol. The lowest BCUT2D eigenvalue weighted by Gasteiger charge is -2.01. The van der Waals surface area contributed by atoms with Gasteiger partial charge in [0.25, 0.3) is 0 Å². The summed E-state index contributed by atoms with van der Waals surface area (Å²) in [6.45, 7) is 0. The predicted octanol–water partition coefficient (Wildman–Crippen LogP) is 3.47. The number of halogens is 1. The first-order valence-corrected chi connectivity index (χ1v) is 4.62. The largest absolute Gasteiger partial charge is 0.207 e. The highest BCUT2D eigenvalue weighted by Gasteiger charge is 1.97. The second-order valence-electron chi connectivity index (χ2n) is 3.23. The van der Waals surface area contributed by atoms with Crippen molar-refractivity contribution in [2.75, 3.05) is 0 Å². The van der Waals surface area contributed by atoms with Gasteiger partial charge in [-0.1, -0.05) is 30.2 Å². The first kappa shape index (κ1) is 9.48. The normalized spacial score (nSPS) is 9.60. The molecule has 0 aliphatic heterocycles. The van der Waals surface area contributed by atoms with E-state index in [9.17, 15) is 4.39 Å². The first-order valence-electron chi connectivity index (χ1n) is 4.62. The van der Waals surface area contributed by atoms with E-state index in [-0.39, 0.29) is 5.82 Å². The van der Waals surface area contributed by atoms with E-state index in [1.54, 1.807) is 12.1 Å². The van der Waals surface area contributed by atoms with E-state index in [1.807, 2.05) is 24.3 Å². The molecule has 0 aliphatic carbocycles. The van der Waals surface area contributed by atoms with Crippen LogP contribution in [-0.2, 0) is 0 Å². The highest BCUT2D eigenvalue weighted by atomic mass is 19.1. The highest BCUT2D eigenvalue weighted by Crippen LogP contribution is 2.19. The summed E-state index contributed by atoms with van der Waals surface area (Å²) in [5.41, 5.74) is 2.87. The van der Waals surface area contributed by atoms with Gasteiger partial charge in [-0.25, -0.2) is 4.39 Å². The van der Waals surface area contributed by atoms with Crippen LogP contribution in [0.4, 0.5) is 4.39 Å². The maximum Gasteiger partial charge on any atom is 0.123 e. The molecule has 2 rings (SSSR count). The molecular formula is C14H9F. The van der Waals surface area contributed by atoms with Gasteiger partial charge in [-0.05, 0) is 35.4 Å². The maximum atomic E-state index is 12.7. The fourth-order valence-electron chi connectivity index (χ4n) is 1.40. The molecule has 0 saturated carbocycles. The monoisotopic (exact) mass is 196 g/mol. The Labute approximate surface area is 88.4 Å². The van der Waals surface area contributed by atoms with Crippen LogP contribution >= 0.6 is 0 Å². The highest BCUT2D eigenvalue weighted by molar-refractivity contribution is 5.64. The second-order valence-corrected chi connectivity index (χ2v) is 3.23. The van der Waals surface area contributed by atoms with Crippen molar-refractivity contribution in [3.05, 3.63) is 59.9 Å². The molecule has 0 N–H and O–H groups in total. The molecule has 0 radical (unpaired) electrons. The Morgan fingerprint density at radius 3 is 1.73 bits per heavy atom. The van der Waals surface area contributed by atoms with Crippen molar-refractivity contribution in [3.63, 3.8) is 0 Å². The third kappa shape index (κ3) is 2.05. The minimum atomic E-state index is -0.223. The summed E-state index contributed by atoms with van der Waals surface area (Å²) in [5.74, 6) is 2.33. The van der Waals surface area contributed by atoms with Crippen molar-refractivity contribution < 1.29 is 4.39 Å². The summed E-state index contributed by atoms with van der Waals surface area (Å²) in [6, 6.07) is 14.0. The van der Waals surface area contributed by atoms with Crippen LogP contribution in [0.25, 0.3) is 11.1 Å². The number of terminal acetylenes is 1. The zero-order valence-electron chi connectivity index (χ0n) is 8.07. The van der Waals surface area contributed by atoms with Crippen LogP contribution in [0.5, 0.6) is 0 Å². The first-order chi connectivity index (χ1) is 7.29. The zero-order valence-corrected chi connectivity index (χ0v) is 8.07. The summed E-state index contributed by atoms with van der Waals surface area (Å²) in [7, 11) is 0. The third-order valence-electron chi connectivity index (χ3n) is 2.23. The lowest BCUT2D eigenvalue weighted by Crippen LogP contribution is -1.79. The van der Waals surface area contributed by atoms with Crippen LogP contribution < -0.4 is 0 Å². The van der Waals surface area contributed by atoms with Gasteiger partial charge in [0.05, 0.1) is 0 Å². The lowest BCUT2D eigenvalue weighted by atomic mass is 10.0. The molecule has 0 unspecified atom stereocenters.